The topological polar surface area (TPSA) is 84.5 Å². The molecule has 152 valence electrons. The number of amides is 1. The van der Waals surface area contributed by atoms with Gasteiger partial charge in [0.05, 0.1) is 4.90 Å². The Balaban J connectivity index is 1.97. The molecule has 0 aromatic heterocycles. The van der Waals surface area contributed by atoms with Crippen molar-refractivity contribution in [2.24, 2.45) is 0 Å². The molecule has 7 heteroatoms. The van der Waals surface area contributed by atoms with Gasteiger partial charge < -0.3 is 10.1 Å². The first-order chi connectivity index (χ1) is 13.2. The van der Waals surface area contributed by atoms with Crippen molar-refractivity contribution in [3.63, 3.8) is 0 Å². The lowest BCUT2D eigenvalue weighted by Gasteiger charge is -2.13. The molecular formula is C21H28N2O4S. The van der Waals surface area contributed by atoms with Crippen LogP contribution in [-0.2, 0) is 14.8 Å². The number of ether oxygens (including phenoxy) is 1. The minimum absolute atomic E-state index is 0.102. The van der Waals surface area contributed by atoms with Gasteiger partial charge in [-0.25, -0.2) is 8.42 Å². The summed E-state index contributed by atoms with van der Waals surface area (Å²) >= 11 is 0. The van der Waals surface area contributed by atoms with Crippen LogP contribution < -0.4 is 14.8 Å². The van der Waals surface area contributed by atoms with Crippen LogP contribution in [0, 0.1) is 13.8 Å². The predicted octanol–water partition coefficient (Wildman–Crippen LogP) is 3.79. The SMILES string of the molecule is CCC[C@H](C)NC(=O)COc1ccc(S(=O)(=O)Nc2ccc(C)c(C)c2)cc1. The van der Waals surface area contributed by atoms with Crippen molar-refractivity contribution in [2.75, 3.05) is 11.3 Å². The highest BCUT2D eigenvalue weighted by Gasteiger charge is 2.15. The summed E-state index contributed by atoms with van der Waals surface area (Å²) in [6.07, 6.45) is 1.90. The molecule has 0 aliphatic carbocycles. The Hall–Kier alpha value is -2.54. The lowest BCUT2D eigenvalue weighted by atomic mass is 10.1. The predicted molar refractivity (Wildman–Crippen MR) is 111 cm³/mol. The van der Waals surface area contributed by atoms with Crippen molar-refractivity contribution in [3.05, 3.63) is 53.6 Å². The number of hydrogen-bond acceptors (Lipinski definition) is 4. The van der Waals surface area contributed by atoms with E-state index >= 15 is 0 Å². The van der Waals surface area contributed by atoms with E-state index in [4.69, 9.17) is 4.74 Å². The lowest BCUT2D eigenvalue weighted by Crippen LogP contribution is -2.35. The van der Waals surface area contributed by atoms with E-state index in [0.717, 1.165) is 24.0 Å². The molecule has 2 rings (SSSR count). The number of hydrogen-bond donors (Lipinski definition) is 2. The molecule has 0 bridgehead atoms. The number of rotatable bonds is 9. The van der Waals surface area contributed by atoms with E-state index in [0.29, 0.717) is 11.4 Å². The van der Waals surface area contributed by atoms with Crippen LogP contribution in [0.4, 0.5) is 5.69 Å². The van der Waals surface area contributed by atoms with Gasteiger partial charge in [0.25, 0.3) is 15.9 Å². The maximum absolute atomic E-state index is 12.5. The highest BCUT2D eigenvalue weighted by Crippen LogP contribution is 2.21. The van der Waals surface area contributed by atoms with E-state index in [1.54, 1.807) is 12.1 Å². The average molecular weight is 405 g/mol. The molecule has 0 aliphatic rings. The van der Waals surface area contributed by atoms with E-state index in [1.165, 1.54) is 24.3 Å². The summed E-state index contributed by atoms with van der Waals surface area (Å²) in [7, 11) is -3.70. The smallest absolute Gasteiger partial charge is 0.261 e. The fourth-order valence-corrected chi connectivity index (χ4v) is 3.75. The summed E-state index contributed by atoms with van der Waals surface area (Å²) in [6, 6.07) is 11.5. The molecule has 0 saturated heterocycles. The summed E-state index contributed by atoms with van der Waals surface area (Å²) in [4.78, 5) is 12.0. The van der Waals surface area contributed by atoms with Crippen LogP contribution in [0.1, 0.15) is 37.8 Å². The second-order valence-electron chi connectivity index (χ2n) is 6.92. The molecular weight excluding hydrogens is 376 g/mol. The molecule has 28 heavy (non-hydrogen) atoms. The van der Waals surface area contributed by atoms with Gasteiger partial charge in [-0.05, 0) is 74.7 Å². The van der Waals surface area contributed by atoms with E-state index in [9.17, 15) is 13.2 Å². The van der Waals surface area contributed by atoms with Crippen molar-refractivity contribution < 1.29 is 17.9 Å². The first-order valence-electron chi connectivity index (χ1n) is 9.33. The summed E-state index contributed by atoms with van der Waals surface area (Å²) in [5, 5.41) is 2.85. The molecule has 6 nitrogen and oxygen atoms in total. The van der Waals surface area contributed by atoms with Gasteiger partial charge in [-0.1, -0.05) is 19.4 Å². The molecule has 0 radical (unpaired) electrons. The van der Waals surface area contributed by atoms with Crippen LogP contribution in [0.25, 0.3) is 0 Å². The number of sulfonamides is 1. The molecule has 2 aromatic rings. The van der Waals surface area contributed by atoms with Crippen LogP contribution in [0.2, 0.25) is 0 Å². The van der Waals surface area contributed by atoms with Crippen LogP contribution in [0.3, 0.4) is 0 Å². The summed E-state index contributed by atoms with van der Waals surface area (Å²) in [5.41, 5.74) is 2.62. The van der Waals surface area contributed by atoms with Gasteiger partial charge in [0.15, 0.2) is 6.61 Å². The molecule has 0 unspecified atom stereocenters. The molecule has 2 aromatic carbocycles. The first-order valence-corrected chi connectivity index (χ1v) is 10.8. The zero-order valence-electron chi connectivity index (χ0n) is 16.8. The monoisotopic (exact) mass is 404 g/mol. The van der Waals surface area contributed by atoms with Gasteiger partial charge in [-0.3, -0.25) is 9.52 Å². The summed E-state index contributed by atoms with van der Waals surface area (Å²) < 4.78 is 33.1. The molecule has 0 fully saturated rings. The normalized spacial score (nSPS) is 12.3. The largest absolute Gasteiger partial charge is 0.484 e. The van der Waals surface area contributed by atoms with Crippen LogP contribution in [-0.4, -0.2) is 27.0 Å². The second kappa shape index (κ2) is 9.59. The van der Waals surface area contributed by atoms with Crippen molar-refractivity contribution in [1.82, 2.24) is 5.32 Å². The first kappa shape index (κ1) is 21.8. The fourth-order valence-electron chi connectivity index (χ4n) is 2.70. The van der Waals surface area contributed by atoms with Gasteiger partial charge in [0.1, 0.15) is 5.75 Å². The van der Waals surface area contributed by atoms with Crippen molar-refractivity contribution in [3.8, 4) is 5.75 Å². The van der Waals surface area contributed by atoms with Gasteiger partial charge in [0.2, 0.25) is 0 Å². The molecule has 0 heterocycles. The molecule has 0 saturated carbocycles. The average Bonchev–Trinajstić information content (AvgIpc) is 2.63. The van der Waals surface area contributed by atoms with Gasteiger partial charge in [-0.2, -0.15) is 0 Å². The Morgan fingerprint density at radius 1 is 1.07 bits per heavy atom. The molecule has 1 amide bonds. The zero-order valence-corrected chi connectivity index (χ0v) is 17.6. The number of carbonyl (C=O) groups excluding carboxylic acids is 1. The zero-order chi connectivity index (χ0) is 20.7. The lowest BCUT2D eigenvalue weighted by molar-refractivity contribution is -0.123. The Morgan fingerprint density at radius 2 is 1.75 bits per heavy atom. The standard InChI is InChI=1S/C21H28N2O4S/c1-5-6-17(4)22-21(24)14-27-19-9-11-20(12-10-19)28(25,26)23-18-8-7-15(2)16(3)13-18/h7-13,17,23H,5-6,14H2,1-4H3,(H,22,24)/t17-/m0/s1. The van der Waals surface area contributed by atoms with Gasteiger partial charge in [0, 0.05) is 11.7 Å². The Morgan fingerprint density at radius 3 is 2.36 bits per heavy atom. The van der Waals surface area contributed by atoms with E-state index < -0.39 is 10.0 Å². The Labute approximate surface area is 167 Å². The van der Waals surface area contributed by atoms with Gasteiger partial charge >= 0.3 is 0 Å². The van der Waals surface area contributed by atoms with Crippen LogP contribution in [0.5, 0.6) is 5.75 Å². The number of nitrogens with one attached hydrogen (secondary N) is 2. The third kappa shape index (κ3) is 6.27. The number of aryl methyl sites for hydroxylation is 2. The number of anilines is 1. The Kier molecular flexibility index (Phi) is 7.45. The summed E-state index contributed by atoms with van der Waals surface area (Å²) in [5.74, 6) is 0.234. The number of carbonyl (C=O) groups is 1. The van der Waals surface area contributed by atoms with E-state index in [1.807, 2.05) is 26.8 Å². The van der Waals surface area contributed by atoms with Crippen LogP contribution in [0.15, 0.2) is 47.4 Å². The second-order valence-corrected chi connectivity index (χ2v) is 8.60. The quantitative estimate of drug-likeness (QED) is 0.666. The molecule has 2 N–H and O–H groups in total. The van der Waals surface area contributed by atoms with Crippen molar-refractivity contribution in [1.29, 1.82) is 0 Å². The maximum atomic E-state index is 12.5. The summed E-state index contributed by atoms with van der Waals surface area (Å²) in [6.45, 7) is 7.80. The Bertz CT molecular complexity index is 909. The highest BCUT2D eigenvalue weighted by atomic mass is 32.2. The molecule has 1 atom stereocenters. The van der Waals surface area contributed by atoms with E-state index in [-0.39, 0.29) is 23.5 Å². The van der Waals surface area contributed by atoms with Crippen molar-refractivity contribution in [2.45, 2.75) is 51.5 Å². The maximum Gasteiger partial charge on any atom is 0.261 e. The minimum Gasteiger partial charge on any atom is -0.484 e. The number of benzene rings is 2. The van der Waals surface area contributed by atoms with Gasteiger partial charge in [-0.15, -0.1) is 0 Å². The fraction of sp³-hybridized carbons (Fsp3) is 0.381. The van der Waals surface area contributed by atoms with E-state index in [2.05, 4.69) is 17.0 Å². The highest BCUT2D eigenvalue weighted by molar-refractivity contribution is 7.92. The van der Waals surface area contributed by atoms with Crippen LogP contribution >= 0.6 is 0 Å². The minimum atomic E-state index is -3.70. The molecule has 0 spiro atoms. The van der Waals surface area contributed by atoms with Crippen molar-refractivity contribution >= 4 is 21.6 Å². The third-order valence-corrected chi connectivity index (χ3v) is 5.79. The molecule has 0 aliphatic heterocycles. The third-order valence-electron chi connectivity index (χ3n) is 4.39.